The minimum Gasteiger partial charge on any atom is -0.469 e. The van der Waals surface area contributed by atoms with Gasteiger partial charge in [0.25, 0.3) is 5.91 Å². The maximum atomic E-state index is 14.9. The summed E-state index contributed by atoms with van der Waals surface area (Å²) >= 11 is 0. The number of ether oxygens (including phenoxy) is 1. The van der Waals surface area contributed by atoms with Crippen LogP contribution >= 0.6 is 0 Å². The van der Waals surface area contributed by atoms with Gasteiger partial charge in [-0.1, -0.05) is 12.1 Å². The smallest absolute Gasteiger partial charge is 0.260 e. The molecule has 1 aliphatic carbocycles. The molecule has 0 spiro atoms. The Balaban J connectivity index is 1.67. The number of benzene rings is 2. The molecule has 0 aromatic heterocycles. The molecule has 4 rings (SSSR count). The fourth-order valence-corrected chi connectivity index (χ4v) is 4.06. The first-order chi connectivity index (χ1) is 13.5. The van der Waals surface area contributed by atoms with Crippen molar-refractivity contribution in [1.29, 1.82) is 5.26 Å². The van der Waals surface area contributed by atoms with Crippen LogP contribution in [-0.2, 0) is 6.42 Å². The van der Waals surface area contributed by atoms with E-state index in [-0.39, 0.29) is 30.0 Å². The number of carbonyl (C=O) groups is 1. The van der Waals surface area contributed by atoms with Gasteiger partial charge in [0.2, 0.25) is 0 Å². The van der Waals surface area contributed by atoms with Gasteiger partial charge >= 0.3 is 0 Å². The van der Waals surface area contributed by atoms with Crippen molar-refractivity contribution in [3.05, 3.63) is 64.0 Å². The van der Waals surface area contributed by atoms with Crippen LogP contribution in [-0.4, -0.2) is 34.8 Å². The van der Waals surface area contributed by atoms with Gasteiger partial charge in [0.15, 0.2) is 18.3 Å². The number of fused-ring (bicyclic) bond motifs is 1. The van der Waals surface area contributed by atoms with Crippen LogP contribution in [0, 0.1) is 24.1 Å². The Kier molecular flexibility index (Phi) is 4.78. The Morgan fingerprint density at radius 1 is 1.32 bits per heavy atom. The van der Waals surface area contributed by atoms with Crippen LogP contribution in [0.25, 0.3) is 0 Å². The lowest BCUT2D eigenvalue weighted by molar-refractivity contribution is 0.0115. The van der Waals surface area contributed by atoms with Crippen molar-refractivity contribution in [3.63, 3.8) is 0 Å². The van der Waals surface area contributed by atoms with Crippen LogP contribution in [0.15, 0.2) is 30.3 Å². The van der Waals surface area contributed by atoms with E-state index in [0.29, 0.717) is 29.5 Å². The van der Waals surface area contributed by atoms with Crippen molar-refractivity contribution in [3.8, 4) is 11.8 Å². The second-order valence-corrected chi connectivity index (χ2v) is 7.45. The van der Waals surface area contributed by atoms with Crippen LogP contribution in [0.1, 0.15) is 51.9 Å². The average molecular weight is 380 g/mol. The van der Waals surface area contributed by atoms with Gasteiger partial charge in [0.1, 0.15) is 0 Å². The first kappa shape index (κ1) is 18.5. The predicted octanol–water partition coefficient (Wildman–Crippen LogP) is 3.30. The summed E-state index contributed by atoms with van der Waals surface area (Å²) in [6, 6.07) is 10.6. The highest BCUT2D eigenvalue weighted by atomic mass is 19.1. The third kappa shape index (κ3) is 3.12. The molecular formula is C22H21FN2O3. The normalized spacial score (nSPS) is 21.2. The molecule has 0 radical (unpaired) electrons. The topological polar surface area (TPSA) is 73.6 Å². The van der Waals surface area contributed by atoms with Crippen LogP contribution in [0.4, 0.5) is 4.39 Å². The van der Waals surface area contributed by atoms with Gasteiger partial charge in [0.05, 0.1) is 29.3 Å². The SMILES string of the molecule is Cc1c(Cc2ccc(C#N)cc2)cc2c(c1F)OCN([C@H]1CCC[C@@H]1O)C2=O. The van der Waals surface area contributed by atoms with Crippen molar-refractivity contribution in [2.24, 2.45) is 0 Å². The molecule has 1 N–H and O–H groups in total. The molecule has 144 valence electrons. The summed E-state index contributed by atoms with van der Waals surface area (Å²) in [5.74, 6) is -0.817. The summed E-state index contributed by atoms with van der Waals surface area (Å²) < 4.78 is 20.5. The number of rotatable bonds is 3. The Labute approximate surface area is 163 Å². The van der Waals surface area contributed by atoms with Crippen molar-refractivity contribution in [2.75, 3.05) is 6.73 Å². The molecule has 1 amide bonds. The molecular weight excluding hydrogens is 359 g/mol. The Morgan fingerprint density at radius 2 is 2.07 bits per heavy atom. The summed E-state index contributed by atoms with van der Waals surface area (Å²) in [6.07, 6.45) is 2.11. The third-order valence-corrected chi connectivity index (χ3v) is 5.73. The lowest BCUT2D eigenvalue weighted by Crippen LogP contribution is -2.48. The molecule has 1 saturated carbocycles. The van der Waals surface area contributed by atoms with Gasteiger partial charge in [-0.15, -0.1) is 0 Å². The molecule has 2 aliphatic rings. The Hall–Kier alpha value is -2.91. The number of amides is 1. The molecule has 0 saturated heterocycles. The predicted molar refractivity (Wildman–Crippen MR) is 100 cm³/mol. The van der Waals surface area contributed by atoms with Crippen molar-refractivity contribution < 1.29 is 19.0 Å². The average Bonchev–Trinajstić information content (AvgIpc) is 3.13. The summed E-state index contributed by atoms with van der Waals surface area (Å²) in [6.45, 7) is 1.63. The van der Waals surface area contributed by atoms with Crippen LogP contribution in [0.2, 0.25) is 0 Å². The maximum absolute atomic E-state index is 14.9. The molecule has 0 bridgehead atoms. The molecule has 1 aliphatic heterocycles. The summed E-state index contributed by atoms with van der Waals surface area (Å²) in [4.78, 5) is 14.5. The second-order valence-electron chi connectivity index (χ2n) is 7.45. The summed E-state index contributed by atoms with van der Waals surface area (Å²) in [5.41, 5.74) is 2.84. The largest absolute Gasteiger partial charge is 0.469 e. The van der Waals surface area contributed by atoms with E-state index in [0.717, 1.165) is 18.4 Å². The quantitative estimate of drug-likeness (QED) is 0.887. The molecule has 1 fully saturated rings. The zero-order chi connectivity index (χ0) is 19.8. The van der Waals surface area contributed by atoms with E-state index in [9.17, 15) is 14.3 Å². The number of carbonyl (C=O) groups excluding carboxylic acids is 1. The number of aliphatic hydroxyl groups is 1. The van der Waals surface area contributed by atoms with Crippen LogP contribution < -0.4 is 4.74 Å². The first-order valence-corrected chi connectivity index (χ1v) is 9.42. The lowest BCUT2D eigenvalue weighted by atomic mass is 9.95. The number of hydrogen-bond donors (Lipinski definition) is 1. The molecule has 2 aromatic carbocycles. The molecule has 1 heterocycles. The maximum Gasteiger partial charge on any atom is 0.260 e. The first-order valence-electron chi connectivity index (χ1n) is 9.42. The highest BCUT2D eigenvalue weighted by molar-refractivity contribution is 5.98. The molecule has 6 heteroatoms. The molecule has 28 heavy (non-hydrogen) atoms. The summed E-state index contributed by atoms with van der Waals surface area (Å²) in [7, 11) is 0. The van der Waals surface area contributed by atoms with E-state index < -0.39 is 11.9 Å². The highest BCUT2D eigenvalue weighted by Crippen LogP contribution is 2.36. The van der Waals surface area contributed by atoms with Crippen LogP contribution in [0.3, 0.4) is 0 Å². The molecule has 2 atom stereocenters. The molecule has 2 aromatic rings. The van der Waals surface area contributed by atoms with E-state index >= 15 is 0 Å². The van der Waals surface area contributed by atoms with E-state index in [1.807, 2.05) is 12.1 Å². The zero-order valence-electron chi connectivity index (χ0n) is 15.6. The van der Waals surface area contributed by atoms with Gasteiger partial charge < -0.3 is 9.84 Å². The Morgan fingerprint density at radius 3 is 2.71 bits per heavy atom. The minimum atomic E-state index is -0.567. The number of nitriles is 1. The fraction of sp³-hybridized carbons (Fsp3) is 0.364. The molecule has 5 nitrogen and oxygen atoms in total. The van der Waals surface area contributed by atoms with E-state index in [4.69, 9.17) is 10.00 Å². The lowest BCUT2D eigenvalue weighted by Gasteiger charge is -2.35. The van der Waals surface area contributed by atoms with Gasteiger partial charge in [-0.25, -0.2) is 4.39 Å². The molecule has 0 unspecified atom stereocenters. The van der Waals surface area contributed by atoms with Crippen molar-refractivity contribution in [2.45, 2.75) is 44.8 Å². The highest BCUT2D eigenvalue weighted by Gasteiger charge is 2.38. The van der Waals surface area contributed by atoms with E-state index in [1.54, 1.807) is 25.1 Å². The fourth-order valence-electron chi connectivity index (χ4n) is 4.06. The van der Waals surface area contributed by atoms with Gasteiger partial charge in [-0.3, -0.25) is 9.69 Å². The number of hydrogen-bond acceptors (Lipinski definition) is 4. The Bertz CT molecular complexity index is 965. The summed E-state index contributed by atoms with van der Waals surface area (Å²) in [5, 5.41) is 19.1. The number of nitrogens with zero attached hydrogens (tertiary/aromatic N) is 2. The zero-order valence-corrected chi connectivity index (χ0v) is 15.6. The van der Waals surface area contributed by atoms with Crippen molar-refractivity contribution in [1.82, 2.24) is 4.90 Å². The van der Waals surface area contributed by atoms with E-state index in [1.165, 1.54) is 4.90 Å². The van der Waals surface area contributed by atoms with Gasteiger partial charge in [-0.2, -0.15) is 5.26 Å². The van der Waals surface area contributed by atoms with Crippen LogP contribution in [0.5, 0.6) is 5.75 Å². The minimum absolute atomic E-state index is 0.00480. The van der Waals surface area contributed by atoms with E-state index in [2.05, 4.69) is 6.07 Å². The van der Waals surface area contributed by atoms with Crippen molar-refractivity contribution >= 4 is 5.91 Å². The van der Waals surface area contributed by atoms with Gasteiger partial charge in [-0.05, 0) is 67.5 Å². The van der Waals surface area contributed by atoms with Gasteiger partial charge in [0, 0.05) is 0 Å². The monoisotopic (exact) mass is 380 g/mol. The number of aliphatic hydroxyl groups excluding tert-OH is 1. The standard InChI is InChI=1S/C22H21FN2O3/c1-13-16(9-14-5-7-15(11-24)8-6-14)10-17-21(20(13)23)28-12-25(22(17)27)18-3-2-4-19(18)26/h5-8,10,18-19,26H,2-4,9,12H2,1H3/t18-,19-/m0/s1. The number of halogens is 1. The third-order valence-electron chi connectivity index (χ3n) is 5.73. The second kappa shape index (κ2) is 7.25.